The fraction of sp³-hybridized carbons (Fsp3) is 0.385. The molecule has 3 heteroatoms. The molecule has 0 fully saturated rings. The van der Waals surface area contributed by atoms with Crippen molar-refractivity contribution in [1.29, 1.82) is 0 Å². The van der Waals surface area contributed by atoms with Crippen molar-refractivity contribution >= 4 is 10.9 Å². The normalized spacial score (nSPS) is 13.2. The first-order valence-electron chi connectivity index (χ1n) is 5.69. The quantitative estimate of drug-likeness (QED) is 0.830. The van der Waals surface area contributed by atoms with Crippen LogP contribution < -0.4 is 5.73 Å². The fourth-order valence-electron chi connectivity index (χ4n) is 2.20. The summed E-state index contributed by atoms with van der Waals surface area (Å²) in [6.45, 7) is 5.00. The van der Waals surface area contributed by atoms with E-state index in [0.29, 0.717) is 5.75 Å². The van der Waals surface area contributed by atoms with Crippen LogP contribution in [0.25, 0.3) is 10.9 Å². The molecule has 3 nitrogen and oxygen atoms in total. The number of nitrogens with zero attached hydrogens (tertiary/aromatic N) is 1. The molecule has 16 heavy (non-hydrogen) atoms. The molecular weight excluding hydrogens is 200 g/mol. The molecule has 1 unspecified atom stereocenters. The zero-order valence-electron chi connectivity index (χ0n) is 9.77. The Morgan fingerprint density at radius 2 is 2.19 bits per heavy atom. The van der Waals surface area contributed by atoms with Crippen LogP contribution in [0.5, 0.6) is 5.75 Å². The summed E-state index contributed by atoms with van der Waals surface area (Å²) in [5.41, 5.74) is 8.10. The molecule has 0 bridgehead atoms. The molecule has 0 spiro atoms. The summed E-state index contributed by atoms with van der Waals surface area (Å²) in [4.78, 5) is 0. The average Bonchev–Trinajstić information content (AvgIpc) is 2.56. The Morgan fingerprint density at radius 1 is 1.44 bits per heavy atom. The topological polar surface area (TPSA) is 51.2 Å². The minimum absolute atomic E-state index is 0.136. The number of nitrogens with two attached hydrogens (primary N) is 1. The maximum Gasteiger partial charge on any atom is 0.124 e. The summed E-state index contributed by atoms with van der Waals surface area (Å²) in [6.07, 6.45) is 0.835. The van der Waals surface area contributed by atoms with E-state index >= 15 is 0 Å². The number of hydrogen-bond acceptors (Lipinski definition) is 2. The molecule has 0 amide bonds. The summed E-state index contributed by atoms with van der Waals surface area (Å²) in [5, 5.41) is 10.7. The number of hydrogen-bond donors (Lipinski definition) is 2. The summed E-state index contributed by atoms with van der Waals surface area (Å²) in [5.74, 6) is 0.343. The Labute approximate surface area is 95.5 Å². The van der Waals surface area contributed by atoms with Gasteiger partial charge in [-0.05, 0) is 32.0 Å². The Balaban J connectivity index is 2.61. The molecule has 0 saturated carbocycles. The van der Waals surface area contributed by atoms with E-state index in [2.05, 4.69) is 11.5 Å². The fourth-order valence-corrected chi connectivity index (χ4v) is 2.20. The standard InChI is InChI=1S/C13H18N2O/c1-3-15-10(7-9(2)14)8-11-12(15)5-4-6-13(11)16/h4-6,8-9,16H,3,7,14H2,1-2H3. The third-order valence-electron chi connectivity index (χ3n) is 2.86. The van der Waals surface area contributed by atoms with Crippen molar-refractivity contribution in [3.63, 3.8) is 0 Å². The Bertz CT molecular complexity index is 500. The summed E-state index contributed by atoms with van der Waals surface area (Å²) in [6, 6.07) is 7.80. The van der Waals surface area contributed by atoms with Crippen molar-refractivity contribution in [3.05, 3.63) is 30.0 Å². The van der Waals surface area contributed by atoms with Crippen LogP contribution >= 0.6 is 0 Å². The smallest absolute Gasteiger partial charge is 0.124 e. The van der Waals surface area contributed by atoms with Gasteiger partial charge in [-0.3, -0.25) is 0 Å². The second kappa shape index (κ2) is 4.18. The maximum absolute atomic E-state index is 9.79. The zero-order chi connectivity index (χ0) is 11.7. The molecule has 0 aliphatic rings. The van der Waals surface area contributed by atoms with Gasteiger partial charge < -0.3 is 15.4 Å². The van der Waals surface area contributed by atoms with Crippen molar-refractivity contribution in [1.82, 2.24) is 4.57 Å². The zero-order valence-corrected chi connectivity index (χ0v) is 9.77. The van der Waals surface area contributed by atoms with Gasteiger partial charge in [0.05, 0.1) is 5.52 Å². The largest absolute Gasteiger partial charge is 0.507 e. The lowest BCUT2D eigenvalue weighted by atomic mass is 10.2. The van der Waals surface area contributed by atoms with Crippen LogP contribution in [0.4, 0.5) is 0 Å². The SMILES string of the molecule is CCn1c(CC(C)N)cc2c(O)cccc21. The van der Waals surface area contributed by atoms with Gasteiger partial charge in [-0.2, -0.15) is 0 Å². The van der Waals surface area contributed by atoms with Crippen LogP contribution in [0, 0.1) is 0 Å². The third-order valence-corrected chi connectivity index (χ3v) is 2.86. The number of aromatic nitrogens is 1. The molecule has 86 valence electrons. The van der Waals surface area contributed by atoms with Crippen molar-refractivity contribution in [3.8, 4) is 5.75 Å². The molecule has 0 radical (unpaired) electrons. The highest BCUT2D eigenvalue weighted by Crippen LogP contribution is 2.28. The molecule has 3 N–H and O–H groups in total. The predicted octanol–water partition coefficient (Wildman–Crippen LogP) is 2.26. The van der Waals surface area contributed by atoms with Crippen LogP contribution in [0.3, 0.4) is 0 Å². The number of aryl methyl sites for hydroxylation is 1. The van der Waals surface area contributed by atoms with Gasteiger partial charge in [0.25, 0.3) is 0 Å². The summed E-state index contributed by atoms with van der Waals surface area (Å²) >= 11 is 0. The van der Waals surface area contributed by atoms with Gasteiger partial charge in [-0.25, -0.2) is 0 Å². The monoisotopic (exact) mass is 218 g/mol. The molecule has 1 aromatic heterocycles. The van der Waals surface area contributed by atoms with Crippen LogP contribution in [0.2, 0.25) is 0 Å². The summed E-state index contributed by atoms with van der Waals surface area (Å²) in [7, 11) is 0. The molecule has 1 aromatic carbocycles. The first kappa shape index (κ1) is 11.0. The highest BCUT2D eigenvalue weighted by molar-refractivity contribution is 5.87. The predicted molar refractivity (Wildman–Crippen MR) is 66.6 cm³/mol. The van der Waals surface area contributed by atoms with E-state index in [0.717, 1.165) is 23.9 Å². The molecule has 2 aromatic rings. The minimum Gasteiger partial charge on any atom is -0.507 e. The number of benzene rings is 1. The third kappa shape index (κ3) is 1.78. The van der Waals surface area contributed by atoms with E-state index in [1.54, 1.807) is 6.07 Å². The number of fused-ring (bicyclic) bond motifs is 1. The Morgan fingerprint density at radius 3 is 2.81 bits per heavy atom. The Kier molecular flexibility index (Phi) is 2.88. The lowest BCUT2D eigenvalue weighted by Gasteiger charge is -2.09. The van der Waals surface area contributed by atoms with Gasteiger partial charge in [-0.1, -0.05) is 6.07 Å². The van der Waals surface area contributed by atoms with Crippen molar-refractivity contribution < 1.29 is 5.11 Å². The van der Waals surface area contributed by atoms with Gasteiger partial charge in [0, 0.05) is 30.1 Å². The van der Waals surface area contributed by atoms with Gasteiger partial charge in [0.2, 0.25) is 0 Å². The Hall–Kier alpha value is -1.48. The minimum atomic E-state index is 0.136. The molecule has 0 aliphatic heterocycles. The lowest BCUT2D eigenvalue weighted by molar-refractivity contribution is 0.481. The number of phenols is 1. The van der Waals surface area contributed by atoms with E-state index in [9.17, 15) is 5.11 Å². The number of phenolic OH excluding ortho intramolecular Hbond substituents is 1. The molecule has 1 heterocycles. The molecule has 1 atom stereocenters. The first-order valence-corrected chi connectivity index (χ1v) is 5.69. The highest BCUT2D eigenvalue weighted by Gasteiger charge is 2.11. The second-order valence-corrected chi connectivity index (χ2v) is 4.27. The second-order valence-electron chi connectivity index (χ2n) is 4.27. The van der Waals surface area contributed by atoms with E-state index in [-0.39, 0.29) is 6.04 Å². The van der Waals surface area contributed by atoms with Crippen LogP contribution in [-0.2, 0) is 13.0 Å². The number of aromatic hydroxyl groups is 1. The van der Waals surface area contributed by atoms with Crippen molar-refractivity contribution in [2.45, 2.75) is 32.9 Å². The van der Waals surface area contributed by atoms with Gasteiger partial charge in [0.15, 0.2) is 0 Å². The first-order chi connectivity index (χ1) is 7.63. The summed E-state index contributed by atoms with van der Waals surface area (Å²) < 4.78 is 2.21. The maximum atomic E-state index is 9.79. The van der Waals surface area contributed by atoms with E-state index in [1.807, 2.05) is 25.1 Å². The molecule has 0 aliphatic carbocycles. The van der Waals surface area contributed by atoms with Gasteiger partial charge in [-0.15, -0.1) is 0 Å². The van der Waals surface area contributed by atoms with Crippen LogP contribution in [0.15, 0.2) is 24.3 Å². The van der Waals surface area contributed by atoms with Crippen molar-refractivity contribution in [2.24, 2.45) is 5.73 Å². The molecule has 2 rings (SSSR count). The van der Waals surface area contributed by atoms with Crippen LogP contribution in [-0.4, -0.2) is 15.7 Å². The van der Waals surface area contributed by atoms with Crippen LogP contribution in [0.1, 0.15) is 19.5 Å². The van der Waals surface area contributed by atoms with E-state index in [1.165, 1.54) is 5.69 Å². The van der Waals surface area contributed by atoms with Crippen molar-refractivity contribution in [2.75, 3.05) is 0 Å². The highest BCUT2D eigenvalue weighted by atomic mass is 16.3. The van der Waals surface area contributed by atoms with Gasteiger partial charge in [0.1, 0.15) is 5.75 Å². The lowest BCUT2D eigenvalue weighted by Crippen LogP contribution is -2.19. The molecule has 0 saturated heterocycles. The average molecular weight is 218 g/mol. The molecular formula is C13H18N2O. The number of rotatable bonds is 3. The van der Waals surface area contributed by atoms with E-state index in [4.69, 9.17) is 5.73 Å². The van der Waals surface area contributed by atoms with E-state index < -0.39 is 0 Å². The van der Waals surface area contributed by atoms with Gasteiger partial charge >= 0.3 is 0 Å².